The number of carbonyl (C=O) groups is 2. The van der Waals surface area contributed by atoms with Crippen LogP contribution < -0.4 is 19.1 Å². The summed E-state index contributed by atoms with van der Waals surface area (Å²) < 4.78 is 18.7. The molecule has 2 unspecified atom stereocenters. The Morgan fingerprint density at radius 2 is 1.76 bits per heavy atom. The molecule has 254 valence electrons. The standard InChI is InChI=1S/C39H35N3O6S2/c1-4-46-32-20-27(14-17-31(32)47-21-25-8-6-5-7-9-25)34-33(35(43)28-15-16-30-29(19-28)18-24(3)48-30)36(44)37(45)42(34)38-40-41-39(50-38)49-22-26-12-10-23(2)11-13-26/h5-17,19-20,24,34,43H,4,18,21-22H2,1-3H3/b35-33-. The number of Topliss-reactive ketones (excluding diaryl/α,β-unsaturated/α-hetero) is 1. The number of nitrogens with zero attached hydrogens (tertiary/aromatic N) is 3. The summed E-state index contributed by atoms with van der Waals surface area (Å²) >= 11 is 2.72. The van der Waals surface area contributed by atoms with E-state index in [-0.39, 0.29) is 22.6 Å². The number of amides is 1. The maximum absolute atomic E-state index is 13.9. The van der Waals surface area contributed by atoms with Crippen LogP contribution in [0.5, 0.6) is 17.2 Å². The molecule has 5 aromatic rings. The number of carbonyl (C=O) groups excluding carboxylic acids is 2. The molecule has 2 atom stereocenters. The number of aryl methyl sites for hydroxylation is 1. The zero-order chi connectivity index (χ0) is 34.8. The van der Waals surface area contributed by atoms with Gasteiger partial charge in [-0.05, 0) is 73.4 Å². The molecule has 0 radical (unpaired) electrons. The third-order valence-corrected chi connectivity index (χ3v) is 10.6. The molecule has 0 aliphatic carbocycles. The summed E-state index contributed by atoms with van der Waals surface area (Å²) in [7, 11) is 0. The van der Waals surface area contributed by atoms with Crippen LogP contribution in [-0.4, -0.2) is 39.7 Å². The normalized spacial score (nSPS) is 17.9. The van der Waals surface area contributed by atoms with E-state index in [1.54, 1.807) is 30.3 Å². The number of aliphatic hydroxyl groups is 1. The van der Waals surface area contributed by atoms with Crippen molar-refractivity contribution in [1.29, 1.82) is 0 Å². The van der Waals surface area contributed by atoms with Gasteiger partial charge in [0.1, 0.15) is 24.2 Å². The summed E-state index contributed by atoms with van der Waals surface area (Å²) in [6.07, 6.45) is 0.674. The molecule has 1 aromatic heterocycles. The monoisotopic (exact) mass is 705 g/mol. The van der Waals surface area contributed by atoms with Crippen molar-refractivity contribution in [2.45, 2.75) is 56.0 Å². The highest BCUT2D eigenvalue weighted by Gasteiger charge is 2.48. The van der Waals surface area contributed by atoms with Gasteiger partial charge in [-0.2, -0.15) is 0 Å². The first kappa shape index (κ1) is 33.4. The molecule has 0 bridgehead atoms. The van der Waals surface area contributed by atoms with Gasteiger partial charge < -0.3 is 19.3 Å². The maximum atomic E-state index is 13.9. The number of aliphatic hydroxyl groups excluding tert-OH is 1. The van der Waals surface area contributed by atoms with Crippen LogP contribution in [-0.2, 0) is 28.4 Å². The van der Waals surface area contributed by atoms with Gasteiger partial charge in [-0.25, -0.2) is 0 Å². The van der Waals surface area contributed by atoms with E-state index in [1.807, 2.05) is 57.2 Å². The first-order valence-corrected chi connectivity index (χ1v) is 18.2. The Balaban J connectivity index is 1.27. The Labute approximate surface area is 298 Å². The average Bonchev–Trinajstić information content (AvgIpc) is 3.82. The lowest BCUT2D eigenvalue weighted by Gasteiger charge is -2.24. The number of benzene rings is 4. The van der Waals surface area contributed by atoms with Crippen LogP contribution in [0.1, 0.15) is 53.3 Å². The lowest BCUT2D eigenvalue weighted by Crippen LogP contribution is -2.29. The average molecular weight is 706 g/mol. The van der Waals surface area contributed by atoms with Gasteiger partial charge in [0.2, 0.25) is 5.13 Å². The van der Waals surface area contributed by atoms with Gasteiger partial charge >= 0.3 is 5.91 Å². The summed E-state index contributed by atoms with van der Waals surface area (Å²) in [5, 5.41) is 20.8. The van der Waals surface area contributed by atoms with Crippen molar-refractivity contribution in [3.05, 3.63) is 130 Å². The lowest BCUT2D eigenvalue weighted by molar-refractivity contribution is -0.132. The Bertz CT molecular complexity index is 2080. The van der Waals surface area contributed by atoms with Crippen molar-refractivity contribution in [2.24, 2.45) is 0 Å². The largest absolute Gasteiger partial charge is 0.507 e. The molecule has 1 N–H and O–H groups in total. The second-order valence-corrected chi connectivity index (χ2v) is 14.3. The van der Waals surface area contributed by atoms with E-state index < -0.39 is 17.7 Å². The number of ether oxygens (including phenoxy) is 3. The van der Waals surface area contributed by atoms with Gasteiger partial charge in [0.05, 0.1) is 18.2 Å². The molecule has 0 saturated carbocycles. The van der Waals surface area contributed by atoms with Crippen LogP contribution in [0.3, 0.4) is 0 Å². The molecule has 2 aliphatic heterocycles. The molecule has 9 nitrogen and oxygen atoms in total. The molecule has 1 amide bonds. The number of aromatic nitrogens is 2. The maximum Gasteiger partial charge on any atom is 0.301 e. The molecule has 4 aromatic carbocycles. The van der Waals surface area contributed by atoms with Crippen LogP contribution in [0.15, 0.2) is 101 Å². The fourth-order valence-electron chi connectivity index (χ4n) is 6.08. The van der Waals surface area contributed by atoms with Crippen LogP contribution in [0.2, 0.25) is 0 Å². The predicted molar refractivity (Wildman–Crippen MR) is 194 cm³/mol. The van der Waals surface area contributed by atoms with Crippen LogP contribution >= 0.6 is 23.1 Å². The Kier molecular flexibility index (Phi) is 9.60. The summed E-state index contributed by atoms with van der Waals surface area (Å²) in [6, 6.07) is 27.6. The van der Waals surface area contributed by atoms with Crippen molar-refractivity contribution in [3.63, 3.8) is 0 Å². The third-order valence-electron chi connectivity index (χ3n) is 8.52. The number of ketones is 1. The van der Waals surface area contributed by atoms with E-state index in [0.717, 1.165) is 22.4 Å². The van der Waals surface area contributed by atoms with Crippen LogP contribution in [0.4, 0.5) is 5.13 Å². The van der Waals surface area contributed by atoms with Crippen molar-refractivity contribution < 1.29 is 28.9 Å². The molecular formula is C39H35N3O6S2. The quantitative estimate of drug-likeness (QED) is 0.0480. The van der Waals surface area contributed by atoms with Crippen molar-refractivity contribution in [3.8, 4) is 17.2 Å². The Hall–Kier alpha value is -5.13. The molecule has 2 aliphatic rings. The topological polar surface area (TPSA) is 111 Å². The summed E-state index contributed by atoms with van der Waals surface area (Å²) in [6.45, 7) is 6.58. The second kappa shape index (κ2) is 14.4. The van der Waals surface area contributed by atoms with Gasteiger partial charge in [-0.15, -0.1) is 10.2 Å². The number of hydrogen-bond acceptors (Lipinski definition) is 10. The number of thioether (sulfide) groups is 1. The zero-order valence-electron chi connectivity index (χ0n) is 27.8. The Morgan fingerprint density at radius 1 is 0.960 bits per heavy atom. The Morgan fingerprint density at radius 3 is 2.54 bits per heavy atom. The molecule has 11 heteroatoms. The molecule has 3 heterocycles. The third kappa shape index (κ3) is 6.83. The van der Waals surface area contributed by atoms with Gasteiger partial charge in [0, 0.05) is 17.7 Å². The predicted octanol–water partition coefficient (Wildman–Crippen LogP) is 8.07. The van der Waals surface area contributed by atoms with E-state index >= 15 is 0 Å². The second-order valence-electron chi connectivity index (χ2n) is 12.2. The van der Waals surface area contributed by atoms with Gasteiger partial charge in [-0.3, -0.25) is 14.5 Å². The minimum Gasteiger partial charge on any atom is -0.507 e. The van der Waals surface area contributed by atoms with Crippen molar-refractivity contribution >= 4 is 45.7 Å². The van der Waals surface area contributed by atoms with E-state index in [2.05, 4.69) is 34.5 Å². The SMILES string of the molecule is CCOc1cc(C2/C(=C(/O)c3ccc4c(c3)CC(C)O4)C(=O)C(=O)N2c2nnc(SCc3ccc(C)cc3)s2)ccc1OCc1ccccc1. The number of hydrogen-bond donors (Lipinski definition) is 1. The van der Waals surface area contributed by atoms with Crippen LogP contribution in [0.25, 0.3) is 5.76 Å². The number of anilines is 1. The first-order valence-electron chi connectivity index (χ1n) is 16.3. The molecule has 0 spiro atoms. The fourth-order valence-corrected chi connectivity index (χ4v) is 7.90. The van der Waals surface area contributed by atoms with Crippen molar-refractivity contribution in [1.82, 2.24) is 10.2 Å². The molecule has 50 heavy (non-hydrogen) atoms. The summed E-state index contributed by atoms with van der Waals surface area (Å²) in [5.74, 6) is 0.464. The van der Waals surface area contributed by atoms with E-state index in [4.69, 9.17) is 14.2 Å². The minimum absolute atomic E-state index is 0.00284. The summed E-state index contributed by atoms with van der Waals surface area (Å²) in [5.41, 5.74) is 5.14. The van der Waals surface area contributed by atoms with E-state index in [0.29, 0.717) is 52.4 Å². The van der Waals surface area contributed by atoms with E-state index in [9.17, 15) is 14.7 Å². The highest BCUT2D eigenvalue weighted by molar-refractivity contribution is 8.00. The van der Waals surface area contributed by atoms with Gasteiger partial charge in [0.25, 0.3) is 5.78 Å². The van der Waals surface area contributed by atoms with Crippen molar-refractivity contribution in [2.75, 3.05) is 11.5 Å². The van der Waals surface area contributed by atoms with Crippen LogP contribution in [0, 0.1) is 6.92 Å². The molecule has 7 rings (SSSR count). The highest BCUT2D eigenvalue weighted by atomic mass is 32.2. The highest BCUT2D eigenvalue weighted by Crippen LogP contribution is 2.46. The first-order chi connectivity index (χ1) is 24.3. The number of rotatable bonds is 11. The molecule has 1 saturated heterocycles. The molecular weight excluding hydrogens is 671 g/mol. The summed E-state index contributed by atoms with van der Waals surface area (Å²) in [4.78, 5) is 29.2. The minimum atomic E-state index is -1.01. The fraction of sp³-hybridized carbons (Fsp3) is 0.231. The zero-order valence-corrected chi connectivity index (χ0v) is 29.4. The van der Waals surface area contributed by atoms with Gasteiger partial charge in [-0.1, -0.05) is 89.3 Å². The molecule has 1 fully saturated rings. The number of fused-ring (bicyclic) bond motifs is 1. The van der Waals surface area contributed by atoms with Gasteiger partial charge in [0.15, 0.2) is 15.8 Å². The lowest BCUT2D eigenvalue weighted by atomic mass is 9.94. The smallest absolute Gasteiger partial charge is 0.301 e. The van der Waals surface area contributed by atoms with E-state index in [1.165, 1.54) is 33.6 Å².